The summed E-state index contributed by atoms with van der Waals surface area (Å²) in [4.78, 5) is 34.3. The highest BCUT2D eigenvalue weighted by molar-refractivity contribution is 5.88. The monoisotopic (exact) mass is 303 g/mol. The Morgan fingerprint density at radius 3 is 2.41 bits per heavy atom. The van der Waals surface area contributed by atoms with E-state index in [-0.39, 0.29) is 5.69 Å². The van der Waals surface area contributed by atoms with Gasteiger partial charge in [0.1, 0.15) is 17.9 Å². The smallest absolute Gasteiger partial charge is 0.341 e. The molecule has 1 aromatic heterocycles. The molecule has 0 aliphatic rings. The van der Waals surface area contributed by atoms with Crippen LogP contribution in [0, 0.1) is 0 Å². The van der Waals surface area contributed by atoms with Crippen molar-refractivity contribution in [3.05, 3.63) is 52.3 Å². The van der Waals surface area contributed by atoms with Gasteiger partial charge in [-0.25, -0.2) is 4.79 Å². The normalized spacial score (nSPS) is 10.2. The molecule has 0 spiro atoms. The quantitative estimate of drug-likeness (QED) is 0.862. The summed E-state index contributed by atoms with van der Waals surface area (Å²) in [6.07, 6.45) is 0. The lowest BCUT2D eigenvalue weighted by molar-refractivity contribution is -0.137. The second-order valence-corrected chi connectivity index (χ2v) is 4.42. The van der Waals surface area contributed by atoms with Crippen LogP contribution in [0.2, 0.25) is 0 Å². The minimum atomic E-state index is -1.41. The minimum absolute atomic E-state index is 0.273. The zero-order chi connectivity index (χ0) is 16.3. The van der Waals surface area contributed by atoms with Crippen molar-refractivity contribution in [2.24, 2.45) is 0 Å². The number of methoxy groups -OCH3 is 1. The molecule has 0 fully saturated rings. The number of carboxylic acids is 2. The van der Waals surface area contributed by atoms with Crippen LogP contribution in [0.25, 0.3) is 11.3 Å². The molecule has 0 atom stereocenters. The average Bonchev–Trinajstić information content (AvgIpc) is 2.48. The Balaban J connectivity index is 2.75. The lowest BCUT2D eigenvalue weighted by Gasteiger charge is -2.14. The average molecular weight is 303 g/mol. The van der Waals surface area contributed by atoms with E-state index in [0.29, 0.717) is 11.3 Å². The highest BCUT2D eigenvalue weighted by Crippen LogP contribution is 2.28. The number of rotatable bonds is 5. The van der Waals surface area contributed by atoms with Crippen molar-refractivity contribution in [2.45, 2.75) is 6.54 Å². The summed E-state index contributed by atoms with van der Waals surface area (Å²) in [5.41, 5.74) is -0.589. The van der Waals surface area contributed by atoms with Gasteiger partial charge in [-0.2, -0.15) is 0 Å². The third kappa shape index (κ3) is 2.83. The van der Waals surface area contributed by atoms with Gasteiger partial charge in [-0.3, -0.25) is 14.2 Å². The van der Waals surface area contributed by atoms with Crippen molar-refractivity contribution < 1.29 is 24.5 Å². The number of nitrogens with zero attached hydrogens (tertiary/aromatic N) is 1. The fourth-order valence-corrected chi connectivity index (χ4v) is 2.12. The SMILES string of the molecule is COc1ccccc1-c1ccc(C(=O)O)c(=O)n1CC(=O)O. The van der Waals surface area contributed by atoms with Gasteiger partial charge in [0.2, 0.25) is 0 Å². The number of hydrogen-bond acceptors (Lipinski definition) is 4. The summed E-state index contributed by atoms with van der Waals surface area (Å²) in [6, 6.07) is 9.31. The van der Waals surface area contributed by atoms with E-state index < -0.39 is 29.6 Å². The van der Waals surface area contributed by atoms with Crippen LogP contribution < -0.4 is 10.3 Å². The topological polar surface area (TPSA) is 106 Å². The fraction of sp³-hybridized carbons (Fsp3) is 0.133. The highest BCUT2D eigenvalue weighted by Gasteiger charge is 2.18. The van der Waals surface area contributed by atoms with E-state index in [1.807, 2.05) is 0 Å². The molecule has 0 amide bonds. The summed E-state index contributed by atoms with van der Waals surface area (Å²) in [5, 5.41) is 18.0. The Morgan fingerprint density at radius 1 is 1.14 bits per heavy atom. The molecular formula is C15H13NO6. The van der Waals surface area contributed by atoms with Crippen LogP contribution in [0.15, 0.2) is 41.2 Å². The number of ether oxygens (including phenoxy) is 1. The Bertz CT molecular complexity index is 793. The van der Waals surface area contributed by atoms with Gasteiger partial charge in [0.25, 0.3) is 5.56 Å². The number of aliphatic carboxylic acids is 1. The first-order chi connectivity index (χ1) is 10.5. The zero-order valence-electron chi connectivity index (χ0n) is 11.6. The molecular weight excluding hydrogens is 290 g/mol. The molecule has 22 heavy (non-hydrogen) atoms. The van der Waals surface area contributed by atoms with E-state index in [4.69, 9.17) is 14.9 Å². The number of aromatic nitrogens is 1. The van der Waals surface area contributed by atoms with Crippen LogP contribution in [-0.4, -0.2) is 33.8 Å². The number of benzene rings is 1. The first-order valence-corrected chi connectivity index (χ1v) is 6.28. The van der Waals surface area contributed by atoms with Crippen LogP contribution in [0.5, 0.6) is 5.75 Å². The van der Waals surface area contributed by atoms with Crippen molar-refractivity contribution in [3.63, 3.8) is 0 Å². The van der Waals surface area contributed by atoms with Gasteiger partial charge in [-0.1, -0.05) is 12.1 Å². The van der Waals surface area contributed by atoms with Crippen molar-refractivity contribution in [3.8, 4) is 17.0 Å². The molecule has 2 N–H and O–H groups in total. The Hall–Kier alpha value is -3.09. The van der Waals surface area contributed by atoms with Crippen molar-refractivity contribution in [1.29, 1.82) is 0 Å². The molecule has 1 aromatic carbocycles. The van der Waals surface area contributed by atoms with Gasteiger partial charge in [0.05, 0.1) is 12.8 Å². The Morgan fingerprint density at radius 2 is 1.82 bits per heavy atom. The second-order valence-electron chi connectivity index (χ2n) is 4.42. The number of para-hydroxylation sites is 1. The number of carboxylic acid groups (broad SMARTS) is 2. The zero-order valence-corrected chi connectivity index (χ0v) is 11.6. The number of hydrogen-bond donors (Lipinski definition) is 2. The minimum Gasteiger partial charge on any atom is -0.496 e. The molecule has 0 aliphatic heterocycles. The standard InChI is InChI=1S/C15H13NO6/c1-22-12-5-3-2-4-9(12)11-7-6-10(15(20)21)14(19)16(11)8-13(17)18/h2-7H,8H2,1H3,(H,17,18)(H,20,21). The van der Waals surface area contributed by atoms with Crippen molar-refractivity contribution >= 4 is 11.9 Å². The lowest BCUT2D eigenvalue weighted by Crippen LogP contribution is -2.30. The predicted molar refractivity (Wildman–Crippen MR) is 77.3 cm³/mol. The Labute approximate surface area is 125 Å². The fourth-order valence-electron chi connectivity index (χ4n) is 2.12. The van der Waals surface area contributed by atoms with Gasteiger partial charge in [-0.05, 0) is 24.3 Å². The van der Waals surface area contributed by atoms with E-state index in [2.05, 4.69) is 0 Å². The van der Waals surface area contributed by atoms with Crippen LogP contribution in [0.1, 0.15) is 10.4 Å². The van der Waals surface area contributed by atoms with Gasteiger partial charge in [-0.15, -0.1) is 0 Å². The van der Waals surface area contributed by atoms with Gasteiger partial charge >= 0.3 is 11.9 Å². The van der Waals surface area contributed by atoms with Gasteiger partial charge in [0.15, 0.2) is 0 Å². The predicted octanol–water partition coefficient (Wildman–Crippen LogP) is 1.31. The van der Waals surface area contributed by atoms with E-state index in [9.17, 15) is 14.4 Å². The maximum atomic E-state index is 12.2. The summed E-state index contributed by atoms with van der Waals surface area (Å²) < 4.78 is 6.10. The summed E-state index contributed by atoms with van der Waals surface area (Å²) in [6.45, 7) is -0.646. The molecule has 0 saturated heterocycles. The molecule has 0 radical (unpaired) electrons. The maximum Gasteiger partial charge on any atom is 0.341 e. The molecule has 114 valence electrons. The summed E-state index contributed by atoms with van der Waals surface area (Å²) >= 11 is 0. The highest BCUT2D eigenvalue weighted by atomic mass is 16.5. The van der Waals surface area contributed by atoms with Crippen LogP contribution in [-0.2, 0) is 11.3 Å². The van der Waals surface area contributed by atoms with Crippen molar-refractivity contribution in [1.82, 2.24) is 4.57 Å². The molecule has 7 heteroatoms. The van der Waals surface area contributed by atoms with Crippen LogP contribution in [0.3, 0.4) is 0 Å². The summed E-state index contributed by atoms with van der Waals surface area (Å²) in [5.74, 6) is -2.21. The first kappa shape index (κ1) is 15.3. The van der Waals surface area contributed by atoms with E-state index in [0.717, 1.165) is 10.6 Å². The second kappa shape index (κ2) is 6.13. The molecule has 2 aromatic rings. The number of pyridine rings is 1. The molecule has 0 bridgehead atoms. The summed E-state index contributed by atoms with van der Waals surface area (Å²) in [7, 11) is 1.45. The van der Waals surface area contributed by atoms with Crippen LogP contribution in [0.4, 0.5) is 0 Å². The number of aromatic carboxylic acids is 1. The Kier molecular flexibility index (Phi) is 4.26. The molecule has 1 heterocycles. The molecule has 0 aliphatic carbocycles. The molecule has 2 rings (SSSR count). The third-order valence-electron chi connectivity index (χ3n) is 3.08. The number of carbonyl (C=O) groups is 2. The van der Waals surface area contributed by atoms with Gasteiger partial charge in [0, 0.05) is 5.56 Å². The third-order valence-corrected chi connectivity index (χ3v) is 3.08. The molecule has 0 saturated carbocycles. The first-order valence-electron chi connectivity index (χ1n) is 6.28. The molecule has 0 unspecified atom stereocenters. The maximum absolute atomic E-state index is 12.2. The van der Waals surface area contributed by atoms with Gasteiger partial charge < -0.3 is 14.9 Å². The van der Waals surface area contributed by atoms with E-state index in [1.165, 1.54) is 13.2 Å². The largest absolute Gasteiger partial charge is 0.496 e. The van der Waals surface area contributed by atoms with Crippen LogP contribution >= 0.6 is 0 Å². The van der Waals surface area contributed by atoms with E-state index >= 15 is 0 Å². The molecule has 7 nitrogen and oxygen atoms in total. The van der Waals surface area contributed by atoms with E-state index in [1.54, 1.807) is 24.3 Å². The lowest BCUT2D eigenvalue weighted by atomic mass is 10.1. The van der Waals surface area contributed by atoms with Crippen molar-refractivity contribution in [2.75, 3.05) is 7.11 Å².